The first-order chi connectivity index (χ1) is 17.6. The van der Waals surface area contributed by atoms with Crippen molar-refractivity contribution in [3.63, 3.8) is 0 Å². The summed E-state index contributed by atoms with van der Waals surface area (Å²) in [4.78, 5) is 24.8. The number of nitrogens with one attached hydrogen (secondary N) is 1. The van der Waals surface area contributed by atoms with Crippen LogP contribution >= 0.6 is 0 Å². The molecule has 4 aromatic rings. The van der Waals surface area contributed by atoms with Crippen molar-refractivity contribution in [2.45, 2.75) is 6.61 Å². The van der Waals surface area contributed by atoms with Crippen molar-refractivity contribution in [3.8, 4) is 17.2 Å². The van der Waals surface area contributed by atoms with Gasteiger partial charge in [0.15, 0.2) is 0 Å². The molecule has 0 aliphatic rings. The Morgan fingerprint density at radius 1 is 0.778 bits per heavy atom. The zero-order valence-corrected chi connectivity index (χ0v) is 19.6. The Morgan fingerprint density at radius 2 is 1.47 bits per heavy atom. The fourth-order valence-electron chi connectivity index (χ4n) is 3.22. The molecule has 4 aromatic carbocycles. The predicted octanol–water partition coefficient (Wildman–Crippen LogP) is 5.26. The highest BCUT2D eigenvalue weighted by molar-refractivity contribution is 5.95. The summed E-state index contributed by atoms with van der Waals surface area (Å²) in [5.74, 6) is 0.829. The van der Waals surface area contributed by atoms with Crippen LogP contribution in [0.1, 0.15) is 31.8 Å². The van der Waals surface area contributed by atoms with Crippen LogP contribution in [0.3, 0.4) is 0 Å². The van der Waals surface area contributed by atoms with Gasteiger partial charge in [-0.15, -0.1) is 0 Å². The third-order valence-electron chi connectivity index (χ3n) is 5.14. The largest absolute Gasteiger partial charge is 0.497 e. The lowest BCUT2D eigenvalue weighted by molar-refractivity contribution is 0.0734. The molecule has 1 amide bonds. The van der Waals surface area contributed by atoms with E-state index in [1.165, 1.54) is 6.21 Å². The Kier molecular flexibility index (Phi) is 8.07. The third-order valence-corrected chi connectivity index (χ3v) is 5.14. The Bertz CT molecular complexity index is 1330. The normalized spacial score (nSPS) is 10.6. The van der Waals surface area contributed by atoms with Crippen LogP contribution in [0.4, 0.5) is 0 Å². The molecular weight excluding hydrogens is 456 g/mol. The Morgan fingerprint density at radius 3 is 2.19 bits per heavy atom. The van der Waals surface area contributed by atoms with E-state index < -0.39 is 5.97 Å². The zero-order valence-electron chi connectivity index (χ0n) is 19.6. The van der Waals surface area contributed by atoms with Gasteiger partial charge in [0.1, 0.15) is 23.9 Å². The molecule has 0 atom stereocenters. The summed E-state index contributed by atoms with van der Waals surface area (Å²) in [6.07, 6.45) is 1.47. The fourth-order valence-corrected chi connectivity index (χ4v) is 3.22. The number of hydrazone groups is 1. The van der Waals surface area contributed by atoms with Crippen molar-refractivity contribution in [2.75, 3.05) is 7.11 Å². The molecule has 0 spiro atoms. The molecule has 0 aliphatic carbocycles. The summed E-state index contributed by atoms with van der Waals surface area (Å²) in [6.45, 7) is 0.450. The number of hydrogen-bond acceptors (Lipinski definition) is 6. The second kappa shape index (κ2) is 12.0. The van der Waals surface area contributed by atoms with E-state index in [9.17, 15) is 9.59 Å². The first-order valence-electron chi connectivity index (χ1n) is 11.2. The maximum atomic E-state index is 12.4. The molecular formula is C29H24N2O5. The summed E-state index contributed by atoms with van der Waals surface area (Å²) < 4.78 is 16.3. The summed E-state index contributed by atoms with van der Waals surface area (Å²) in [6, 6.07) is 30.1. The van der Waals surface area contributed by atoms with E-state index in [1.54, 1.807) is 79.9 Å². The average Bonchev–Trinajstić information content (AvgIpc) is 2.93. The minimum absolute atomic E-state index is 0.358. The number of benzene rings is 4. The van der Waals surface area contributed by atoms with Gasteiger partial charge in [-0.1, -0.05) is 42.5 Å². The quantitative estimate of drug-likeness (QED) is 0.153. The molecule has 0 saturated heterocycles. The second-order valence-corrected chi connectivity index (χ2v) is 7.69. The van der Waals surface area contributed by atoms with Crippen LogP contribution in [-0.4, -0.2) is 25.2 Å². The van der Waals surface area contributed by atoms with Crippen LogP contribution in [0.5, 0.6) is 17.2 Å². The first-order valence-corrected chi connectivity index (χ1v) is 11.2. The van der Waals surface area contributed by atoms with Gasteiger partial charge in [0.25, 0.3) is 5.91 Å². The van der Waals surface area contributed by atoms with Gasteiger partial charge in [0.05, 0.1) is 18.9 Å². The Labute approximate surface area is 209 Å². The molecule has 0 heterocycles. The number of amides is 1. The zero-order chi connectivity index (χ0) is 25.2. The molecule has 0 radical (unpaired) electrons. The molecule has 0 unspecified atom stereocenters. The minimum atomic E-state index is -0.490. The van der Waals surface area contributed by atoms with Crippen molar-refractivity contribution < 1.29 is 23.8 Å². The van der Waals surface area contributed by atoms with Crippen LogP contribution < -0.4 is 19.6 Å². The molecule has 7 nitrogen and oxygen atoms in total. The molecule has 180 valence electrons. The van der Waals surface area contributed by atoms with Gasteiger partial charge in [0.2, 0.25) is 0 Å². The topological polar surface area (TPSA) is 86.2 Å². The third kappa shape index (κ3) is 6.80. The summed E-state index contributed by atoms with van der Waals surface area (Å²) in [7, 11) is 1.56. The molecule has 0 fully saturated rings. The van der Waals surface area contributed by atoms with Gasteiger partial charge in [-0.2, -0.15) is 5.10 Å². The second-order valence-electron chi connectivity index (χ2n) is 7.69. The molecule has 0 aliphatic heterocycles. The summed E-state index contributed by atoms with van der Waals surface area (Å²) >= 11 is 0. The smallest absolute Gasteiger partial charge is 0.343 e. The summed E-state index contributed by atoms with van der Waals surface area (Å²) in [5, 5.41) is 4.00. The van der Waals surface area contributed by atoms with Gasteiger partial charge in [-0.25, -0.2) is 10.2 Å². The molecule has 36 heavy (non-hydrogen) atoms. The van der Waals surface area contributed by atoms with Gasteiger partial charge >= 0.3 is 5.97 Å². The van der Waals surface area contributed by atoms with Crippen LogP contribution in [0, 0.1) is 0 Å². The number of ether oxygens (including phenoxy) is 3. The van der Waals surface area contributed by atoms with E-state index in [2.05, 4.69) is 10.5 Å². The standard InChI is InChI=1S/C29H24N2O5/c1-34-25-14-12-24(13-15-25)29(33)36-27-9-5-8-22(18-27)19-30-31-28(32)23-10-16-26(17-11-23)35-20-21-6-3-2-4-7-21/h2-19H,20H2,1H3,(H,31,32)/b30-19-. The van der Waals surface area contributed by atoms with Crippen LogP contribution in [0.25, 0.3) is 0 Å². The molecule has 0 aromatic heterocycles. The highest BCUT2D eigenvalue weighted by atomic mass is 16.5. The fraction of sp³-hybridized carbons (Fsp3) is 0.0690. The average molecular weight is 481 g/mol. The molecule has 4 rings (SSSR count). The van der Waals surface area contributed by atoms with E-state index in [4.69, 9.17) is 14.2 Å². The van der Waals surface area contributed by atoms with Crippen molar-refractivity contribution >= 4 is 18.1 Å². The highest BCUT2D eigenvalue weighted by Gasteiger charge is 2.09. The van der Waals surface area contributed by atoms with Crippen LogP contribution in [0.15, 0.2) is 108 Å². The van der Waals surface area contributed by atoms with Crippen molar-refractivity contribution in [3.05, 3.63) is 125 Å². The number of nitrogens with zero attached hydrogens (tertiary/aromatic N) is 1. The maximum Gasteiger partial charge on any atom is 0.343 e. The van der Waals surface area contributed by atoms with Gasteiger partial charge in [-0.05, 0) is 71.8 Å². The summed E-state index contributed by atoms with van der Waals surface area (Å²) in [5.41, 5.74) is 5.05. The lowest BCUT2D eigenvalue weighted by Crippen LogP contribution is -2.17. The Balaban J connectivity index is 1.29. The number of rotatable bonds is 9. The minimum Gasteiger partial charge on any atom is -0.497 e. The number of hydrogen-bond donors (Lipinski definition) is 1. The van der Waals surface area contributed by atoms with Gasteiger partial charge < -0.3 is 14.2 Å². The van der Waals surface area contributed by atoms with E-state index >= 15 is 0 Å². The van der Waals surface area contributed by atoms with E-state index in [-0.39, 0.29) is 5.91 Å². The van der Waals surface area contributed by atoms with Crippen LogP contribution in [-0.2, 0) is 6.61 Å². The number of carbonyl (C=O) groups is 2. The molecule has 7 heteroatoms. The number of carbonyl (C=O) groups excluding carboxylic acids is 2. The maximum absolute atomic E-state index is 12.4. The van der Waals surface area contributed by atoms with E-state index in [1.807, 2.05) is 30.3 Å². The van der Waals surface area contributed by atoms with Gasteiger partial charge in [0, 0.05) is 5.56 Å². The Hall–Kier alpha value is -4.91. The van der Waals surface area contributed by atoms with Crippen molar-refractivity contribution in [1.82, 2.24) is 5.43 Å². The SMILES string of the molecule is COc1ccc(C(=O)Oc2cccc(/C=N\NC(=O)c3ccc(OCc4ccccc4)cc3)c2)cc1. The first kappa shape index (κ1) is 24.2. The number of methoxy groups -OCH3 is 1. The van der Waals surface area contributed by atoms with Crippen LogP contribution in [0.2, 0.25) is 0 Å². The number of esters is 1. The predicted molar refractivity (Wildman–Crippen MR) is 137 cm³/mol. The lowest BCUT2D eigenvalue weighted by atomic mass is 10.2. The molecule has 1 N–H and O–H groups in total. The molecule has 0 bridgehead atoms. The highest BCUT2D eigenvalue weighted by Crippen LogP contribution is 2.17. The molecule has 0 saturated carbocycles. The van der Waals surface area contributed by atoms with Gasteiger partial charge in [-0.3, -0.25) is 4.79 Å². The lowest BCUT2D eigenvalue weighted by Gasteiger charge is -2.07. The van der Waals surface area contributed by atoms with Crippen molar-refractivity contribution in [2.24, 2.45) is 5.10 Å². The monoisotopic (exact) mass is 480 g/mol. The van der Waals surface area contributed by atoms with E-state index in [0.29, 0.717) is 40.5 Å². The van der Waals surface area contributed by atoms with E-state index in [0.717, 1.165) is 5.56 Å². The van der Waals surface area contributed by atoms with Crippen molar-refractivity contribution in [1.29, 1.82) is 0 Å².